The van der Waals surface area contributed by atoms with Crippen molar-refractivity contribution in [2.75, 3.05) is 7.11 Å². The van der Waals surface area contributed by atoms with Crippen molar-refractivity contribution in [3.8, 4) is 5.75 Å². The molecule has 0 bridgehead atoms. The fourth-order valence-corrected chi connectivity index (χ4v) is 3.10. The second-order valence-electron chi connectivity index (χ2n) is 7.27. The molecule has 1 aliphatic heterocycles. The van der Waals surface area contributed by atoms with Crippen LogP contribution in [-0.2, 0) is 37.4 Å². The van der Waals surface area contributed by atoms with Crippen LogP contribution >= 0.6 is 0 Å². The highest BCUT2D eigenvalue weighted by Gasteiger charge is 2.48. The molecule has 0 spiro atoms. The maximum Gasteiger partial charge on any atom is 0.534 e. The summed E-state index contributed by atoms with van der Waals surface area (Å²) in [6.07, 6.45) is -0.819. The van der Waals surface area contributed by atoms with Gasteiger partial charge in [-0.3, -0.25) is 4.90 Å². The van der Waals surface area contributed by atoms with Gasteiger partial charge in [0.25, 0.3) is 0 Å². The maximum absolute atomic E-state index is 12.5. The molecular weight excluding hydrogens is 419 g/mol. The number of halogens is 3. The summed E-state index contributed by atoms with van der Waals surface area (Å²) in [6, 6.07) is 2.44. The molecule has 0 N–H and O–H groups in total. The molecular formula is C17H20F3NO7S. The van der Waals surface area contributed by atoms with Gasteiger partial charge >= 0.3 is 27.7 Å². The number of ether oxygens (including phenoxy) is 2. The van der Waals surface area contributed by atoms with Gasteiger partial charge < -0.3 is 13.7 Å². The Hall–Kier alpha value is -2.50. The number of fused-ring (bicyclic) bond motifs is 1. The topological polar surface area (TPSA) is 99.2 Å². The number of hydrogen-bond donors (Lipinski definition) is 0. The van der Waals surface area contributed by atoms with Crippen molar-refractivity contribution in [1.82, 2.24) is 4.90 Å². The lowest BCUT2D eigenvalue weighted by Crippen LogP contribution is -2.50. The number of methoxy groups -OCH3 is 1. The molecule has 0 fully saturated rings. The van der Waals surface area contributed by atoms with Crippen LogP contribution < -0.4 is 4.18 Å². The Balaban J connectivity index is 2.37. The third-order valence-electron chi connectivity index (χ3n) is 3.90. The highest BCUT2D eigenvalue weighted by Crippen LogP contribution is 2.32. The van der Waals surface area contributed by atoms with E-state index in [1.807, 2.05) is 0 Å². The summed E-state index contributed by atoms with van der Waals surface area (Å²) in [5.41, 5.74) is -5.60. The van der Waals surface area contributed by atoms with Crippen LogP contribution in [-0.4, -0.2) is 49.6 Å². The fourth-order valence-electron chi connectivity index (χ4n) is 2.65. The van der Waals surface area contributed by atoms with E-state index >= 15 is 0 Å². The maximum atomic E-state index is 12.5. The standard InChI is InChI=1S/C17H20F3NO7S/c1-16(2,3)27-15(23)21-9-11-7-12(28-29(24,25)17(18,19)20)6-5-10(11)8-13(21)14(22)26-4/h5-7,13H,8-9H2,1-4H3/t13-/m0/s1. The molecule has 1 aliphatic rings. The predicted molar refractivity (Wildman–Crippen MR) is 93.3 cm³/mol. The molecule has 1 amide bonds. The smallest absolute Gasteiger partial charge is 0.467 e. The molecule has 2 rings (SSSR count). The molecule has 0 saturated heterocycles. The summed E-state index contributed by atoms with van der Waals surface area (Å²) in [5.74, 6) is -1.26. The van der Waals surface area contributed by atoms with Crippen LogP contribution in [0.2, 0.25) is 0 Å². The number of rotatable bonds is 3. The minimum atomic E-state index is -5.84. The molecule has 12 heteroatoms. The van der Waals surface area contributed by atoms with E-state index in [0.717, 1.165) is 24.1 Å². The van der Waals surface area contributed by atoms with Crippen molar-refractivity contribution in [2.24, 2.45) is 0 Å². The van der Waals surface area contributed by atoms with Gasteiger partial charge in [0, 0.05) is 6.42 Å². The van der Waals surface area contributed by atoms with Crippen LogP contribution in [0.15, 0.2) is 18.2 Å². The Labute approximate surface area is 165 Å². The Morgan fingerprint density at radius 1 is 1.14 bits per heavy atom. The van der Waals surface area contributed by atoms with Crippen LogP contribution in [0.3, 0.4) is 0 Å². The predicted octanol–water partition coefficient (Wildman–Crippen LogP) is 2.75. The SMILES string of the molecule is COC(=O)[C@@H]1Cc2ccc(OS(=O)(=O)C(F)(F)F)cc2CN1C(=O)OC(C)(C)C. The number of esters is 1. The lowest BCUT2D eigenvalue weighted by atomic mass is 9.94. The van der Waals surface area contributed by atoms with E-state index in [2.05, 4.69) is 4.18 Å². The van der Waals surface area contributed by atoms with E-state index in [1.165, 1.54) is 6.07 Å². The summed E-state index contributed by atoms with van der Waals surface area (Å²) in [6.45, 7) is 4.67. The monoisotopic (exact) mass is 439 g/mol. The first kappa shape index (κ1) is 22.8. The zero-order valence-electron chi connectivity index (χ0n) is 16.1. The van der Waals surface area contributed by atoms with Crippen LogP contribution in [0.25, 0.3) is 0 Å². The quantitative estimate of drug-likeness (QED) is 0.406. The molecule has 0 radical (unpaired) electrons. The molecule has 8 nitrogen and oxygen atoms in total. The normalized spacial score (nSPS) is 17.3. The molecule has 29 heavy (non-hydrogen) atoms. The average molecular weight is 439 g/mol. The van der Waals surface area contributed by atoms with Crippen LogP contribution in [0.1, 0.15) is 31.9 Å². The molecule has 0 aliphatic carbocycles. The Kier molecular flexibility index (Phi) is 6.07. The molecule has 1 aromatic rings. The number of hydrogen-bond acceptors (Lipinski definition) is 7. The molecule has 0 unspecified atom stereocenters. The number of benzene rings is 1. The highest BCUT2D eigenvalue weighted by atomic mass is 32.2. The highest BCUT2D eigenvalue weighted by molar-refractivity contribution is 7.88. The lowest BCUT2D eigenvalue weighted by Gasteiger charge is -2.36. The van der Waals surface area contributed by atoms with Gasteiger partial charge in [0.1, 0.15) is 17.4 Å². The second kappa shape index (κ2) is 7.73. The van der Waals surface area contributed by atoms with Crippen LogP contribution in [0, 0.1) is 0 Å². The van der Waals surface area contributed by atoms with Gasteiger partial charge in [-0.2, -0.15) is 21.6 Å². The van der Waals surface area contributed by atoms with Crippen molar-refractivity contribution < 1.29 is 44.8 Å². The zero-order valence-corrected chi connectivity index (χ0v) is 16.9. The molecule has 1 aromatic carbocycles. The van der Waals surface area contributed by atoms with Gasteiger partial charge in [0.2, 0.25) is 0 Å². The van der Waals surface area contributed by atoms with E-state index in [0.29, 0.717) is 11.1 Å². The van der Waals surface area contributed by atoms with Gasteiger partial charge in [0.05, 0.1) is 13.7 Å². The van der Waals surface area contributed by atoms with Gasteiger partial charge in [-0.15, -0.1) is 0 Å². The molecule has 0 saturated carbocycles. The summed E-state index contributed by atoms with van der Waals surface area (Å²) in [7, 11) is -4.68. The fraction of sp³-hybridized carbons (Fsp3) is 0.529. The first-order chi connectivity index (χ1) is 13.1. The number of carbonyl (C=O) groups excluding carboxylic acids is 2. The van der Waals surface area contributed by atoms with E-state index in [9.17, 15) is 31.2 Å². The number of nitrogens with zero attached hydrogens (tertiary/aromatic N) is 1. The summed E-state index contributed by atoms with van der Waals surface area (Å²) in [5, 5.41) is 0. The van der Waals surface area contributed by atoms with Gasteiger partial charge in [-0.25, -0.2) is 9.59 Å². The first-order valence-corrected chi connectivity index (χ1v) is 9.75. The van der Waals surface area contributed by atoms with E-state index in [-0.39, 0.29) is 13.0 Å². The van der Waals surface area contributed by atoms with Gasteiger partial charge in [-0.1, -0.05) is 6.07 Å². The van der Waals surface area contributed by atoms with E-state index in [4.69, 9.17) is 9.47 Å². The van der Waals surface area contributed by atoms with Crippen LogP contribution in [0.4, 0.5) is 18.0 Å². The first-order valence-electron chi connectivity index (χ1n) is 8.34. The molecule has 1 atom stereocenters. The van der Waals surface area contributed by atoms with Crippen LogP contribution in [0.5, 0.6) is 5.75 Å². The van der Waals surface area contributed by atoms with Crippen molar-refractivity contribution >= 4 is 22.2 Å². The van der Waals surface area contributed by atoms with E-state index < -0.39 is 45.1 Å². The minimum Gasteiger partial charge on any atom is -0.467 e. The number of alkyl halides is 3. The van der Waals surface area contributed by atoms with Crippen molar-refractivity contribution in [1.29, 1.82) is 0 Å². The summed E-state index contributed by atoms with van der Waals surface area (Å²) >= 11 is 0. The zero-order chi connectivity index (χ0) is 22.2. The van der Waals surface area contributed by atoms with Crippen molar-refractivity contribution in [3.05, 3.63) is 29.3 Å². The van der Waals surface area contributed by atoms with Crippen molar-refractivity contribution in [2.45, 2.75) is 50.9 Å². The number of carbonyl (C=O) groups is 2. The van der Waals surface area contributed by atoms with Gasteiger partial charge in [-0.05, 0) is 44.0 Å². The Bertz CT molecular complexity index is 907. The third-order valence-corrected chi connectivity index (χ3v) is 4.88. The molecule has 0 aromatic heterocycles. The average Bonchev–Trinajstić information content (AvgIpc) is 2.57. The van der Waals surface area contributed by atoms with E-state index in [1.54, 1.807) is 20.8 Å². The molecule has 162 valence electrons. The Morgan fingerprint density at radius 2 is 1.76 bits per heavy atom. The third kappa shape index (κ3) is 5.31. The summed E-state index contributed by atoms with van der Waals surface area (Å²) < 4.78 is 74.1. The van der Waals surface area contributed by atoms with Gasteiger partial charge in [0.15, 0.2) is 0 Å². The largest absolute Gasteiger partial charge is 0.534 e. The lowest BCUT2D eigenvalue weighted by molar-refractivity contribution is -0.147. The molecule has 1 heterocycles. The Morgan fingerprint density at radius 3 is 2.28 bits per heavy atom. The minimum absolute atomic E-state index is 0.00749. The second-order valence-corrected chi connectivity index (χ2v) is 8.80. The summed E-state index contributed by atoms with van der Waals surface area (Å²) in [4.78, 5) is 25.7. The number of amides is 1. The van der Waals surface area contributed by atoms with Crippen molar-refractivity contribution in [3.63, 3.8) is 0 Å².